The van der Waals surface area contributed by atoms with Crippen LogP contribution in [0, 0.1) is 0 Å². The molecule has 0 saturated heterocycles. The summed E-state index contributed by atoms with van der Waals surface area (Å²) in [6.45, 7) is 0. The molecule has 124 valence electrons. The SMILES string of the molecule is c1ccc(-c2ccc3c(c2)CCc2cc(-c4ccccc4)ccc2-3)cc1. The van der Waals surface area contributed by atoms with Crippen LogP contribution < -0.4 is 0 Å². The van der Waals surface area contributed by atoms with Gasteiger partial charge < -0.3 is 0 Å². The van der Waals surface area contributed by atoms with Gasteiger partial charge in [-0.3, -0.25) is 0 Å². The van der Waals surface area contributed by atoms with Crippen LogP contribution in [-0.2, 0) is 12.8 Å². The Balaban J connectivity index is 1.56. The molecule has 0 unspecified atom stereocenters. The van der Waals surface area contributed by atoms with Crippen LogP contribution in [0.15, 0.2) is 97.1 Å². The van der Waals surface area contributed by atoms with Crippen LogP contribution in [0.25, 0.3) is 33.4 Å². The van der Waals surface area contributed by atoms with Crippen molar-refractivity contribution in [2.24, 2.45) is 0 Å². The van der Waals surface area contributed by atoms with Crippen molar-refractivity contribution in [3.05, 3.63) is 108 Å². The summed E-state index contributed by atoms with van der Waals surface area (Å²) < 4.78 is 0. The Hall–Kier alpha value is -3.12. The number of benzene rings is 4. The molecule has 0 fully saturated rings. The van der Waals surface area contributed by atoms with Gasteiger partial charge in [0.2, 0.25) is 0 Å². The van der Waals surface area contributed by atoms with Crippen molar-refractivity contribution >= 4 is 0 Å². The van der Waals surface area contributed by atoms with E-state index in [1.807, 2.05) is 0 Å². The molecule has 5 rings (SSSR count). The van der Waals surface area contributed by atoms with Gasteiger partial charge in [-0.25, -0.2) is 0 Å². The molecule has 0 heterocycles. The van der Waals surface area contributed by atoms with Gasteiger partial charge in [-0.2, -0.15) is 0 Å². The fraction of sp³-hybridized carbons (Fsp3) is 0.0769. The van der Waals surface area contributed by atoms with Crippen LogP contribution in [0.1, 0.15) is 11.1 Å². The maximum Gasteiger partial charge on any atom is -0.0149 e. The normalized spacial score (nSPS) is 12.3. The molecular formula is C26H20. The van der Waals surface area contributed by atoms with Gasteiger partial charge in [0.1, 0.15) is 0 Å². The molecule has 26 heavy (non-hydrogen) atoms. The monoisotopic (exact) mass is 332 g/mol. The average molecular weight is 332 g/mol. The lowest BCUT2D eigenvalue weighted by atomic mass is 9.83. The minimum atomic E-state index is 1.11. The number of rotatable bonds is 2. The highest BCUT2D eigenvalue weighted by atomic mass is 14.2. The third kappa shape index (κ3) is 2.64. The molecule has 1 aliphatic carbocycles. The summed E-state index contributed by atoms with van der Waals surface area (Å²) >= 11 is 0. The number of hydrogen-bond acceptors (Lipinski definition) is 0. The maximum atomic E-state index is 2.37. The molecule has 0 radical (unpaired) electrons. The Morgan fingerprint density at radius 3 is 1.23 bits per heavy atom. The first-order valence-corrected chi connectivity index (χ1v) is 9.25. The topological polar surface area (TPSA) is 0 Å². The molecular weight excluding hydrogens is 312 g/mol. The molecule has 0 heteroatoms. The minimum absolute atomic E-state index is 1.11. The highest BCUT2D eigenvalue weighted by Crippen LogP contribution is 2.37. The first-order chi connectivity index (χ1) is 12.9. The minimum Gasteiger partial charge on any atom is -0.0622 e. The van der Waals surface area contributed by atoms with Gasteiger partial charge >= 0.3 is 0 Å². The Bertz CT molecular complexity index is 971. The Kier molecular flexibility index (Phi) is 3.68. The molecule has 1 aliphatic rings. The van der Waals surface area contributed by atoms with Gasteiger partial charge in [0.05, 0.1) is 0 Å². The second kappa shape index (κ2) is 6.31. The van der Waals surface area contributed by atoms with E-state index in [0.717, 1.165) is 12.8 Å². The van der Waals surface area contributed by atoms with Gasteiger partial charge in [0, 0.05) is 0 Å². The number of fused-ring (bicyclic) bond motifs is 3. The van der Waals surface area contributed by atoms with Gasteiger partial charge in [0.25, 0.3) is 0 Å². The zero-order valence-electron chi connectivity index (χ0n) is 14.7. The number of hydrogen-bond donors (Lipinski definition) is 0. The maximum absolute atomic E-state index is 2.37. The van der Waals surface area contributed by atoms with E-state index < -0.39 is 0 Å². The first kappa shape index (κ1) is 15.2. The van der Waals surface area contributed by atoms with Gasteiger partial charge in [-0.05, 0) is 57.3 Å². The Labute approximate surface area is 154 Å². The highest BCUT2D eigenvalue weighted by molar-refractivity contribution is 5.79. The molecule has 4 aromatic carbocycles. The van der Waals surface area contributed by atoms with E-state index in [9.17, 15) is 0 Å². The fourth-order valence-electron chi connectivity index (χ4n) is 4.02. The number of aryl methyl sites for hydroxylation is 2. The van der Waals surface area contributed by atoms with Crippen LogP contribution in [0.4, 0.5) is 0 Å². The molecule has 4 aromatic rings. The van der Waals surface area contributed by atoms with Crippen LogP contribution in [0.5, 0.6) is 0 Å². The second-order valence-electron chi connectivity index (χ2n) is 6.98. The van der Waals surface area contributed by atoms with E-state index in [1.54, 1.807) is 0 Å². The second-order valence-corrected chi connectivity index (χ2v) is 6.98. The van der Waals surface area contributed by atoms with Crippen molar-refractivity contribution in [3.8, 4) is 33.4 Å². The van der Waals surface area contributed by atoms with Crippen molar-refractivity contribution < 1.29 is 0 Å². The lowest BCUT2D eigenvalue weighted by molar-refractivity contribution is 0.943. The zero-order valence-corrected chi connectivity index (χ0v) is 14.7. The van der Waals surface area contributed by atoms with Gasteiger partial charge in [0.15, 0.2) is 0 Å². The molecule has 0 spiro atoms. The van der Waals surface area contributed by atoms with Crippen LogP contribution in [-0.4, -0.2) is 0 Å². The first-order valence-electron chi connectivity index (χ1n) is 9.25. The molecule has 0 bridgehead atoms. The molecule has 0 saturated carbocycles. The summed E-state index contributed by atoms with van der Waals surface area (Å²) in [5, 5.41) is 0. The summed E-state index contributed by atoms with van der Waals surface area (Å²) in [6, 6.07) is 35.2. The molecule has 0 aromatic heterocycles. The van der Waals surface area contributed by atoms with E-state index in [4.69, 9.17) is 0 Å². The smallest absolute Gasteiger partial charge is 0.0149 e. The van der Waals surface area contributed by atoms with Gasteiger partial charge in [-0.15, -0.1) is 0 Å². The third-order valence-corrected chi connectivity index (χ3v) is 5.38. The summed E-state index contributed by atoms with van der Waals surface area (Å²) in [5.41, 5.74) is 10.9. The molecule has 0 aliphatic heterocycles. The molecule has 0 nitrogen and oxygen atoms in total. The summed E-state index contributed by atoms with van der Waals surface area (Å²) in [5.74, 6) is 0. The van der Waals surface area contributed by atoms with Crippen LogP contribution in [0.3, 0.4) is 0 Å². The standard InChI is InChI=1S/C26H20/c1-3-7-19(8-4-1)21-13-15-25-23(17-21)11-12-24-18-22(14-16-26(24)25)20-9-5-2-6-10-20/h1-10,13-18H,11-12H2. The Morgan fingerprint density at radius 2 is 0.808 bits per heavy atom. The molecule has 0 amide bonds. The molecule has 0 N–H and O–H groups in total. The van der Waals surface area contributed by atoms with E-state index in [0.29, 0.717) is 0 Å². The van der Waals surface area contributed by atoms with Crippen molar-refractivity contribution in [2.45, 2.75) is 12.8 Å². The third-order valence-electron chi connectivity index (χ3n) is 5.38. The van der Waals surface area contributed by atoms with Crippen molar-refractivity contribution in [2.75, 3.05) is 0 Å². The van der Waals surface area contributed by atoms with Crippen LogP contribution in [0.2, 0.25) is 0 Å². The summed E-state index contributed by atoms with van der Waals surface area (Å²) in [6.07, 6.45) is 2.22. The van der Waals surface area contributed by atoms with E-state index in [1.165, 1.54) is 44.5 Å². The lowest BCUT2D eigenvalue weighted by Crippen LogP contribution is -2.04. The lowest BCUT2D eigenvalue weighted by Gasteiger charge is -2.21. The quantitative estimate of drug-likeness (QED) is 0.379. The zero-order chi connectivity index (χ0) is 17.3. The predicted molar refractivity (Wildman–Crippen MR) is 110 cm³/mol. The summed E-state index contributed by atoms with van der Waals surface area (Å²) in [4.78, 5) is 0. The summed E-state index contributed by atoms with van der Waals surface area (Å²) in [7, 11) is 0. The van der Waals surface area contributed by atoms with E-state index in [-0.39, 0.29) is 0 Å². The average Bonchev–Trinajstić information content (AvgIpc) is 2.74. The molecule has 0 atom stereocenters. The van der Waals surface area contributed by atoms with E-state index in [2.05, 4.69) is 97.1 Å². The van der Waals surface area contributed by atoms with Crippen molar-refractivity contribution in [3.63, 3.8) is 0 Å². The van der Waals surface area contributed by atoms with E-state index >= 15 is 0 Å². The predicted octanol–water partition coefficient (Wildman–Crippen LogP) is 6.79. The Morgan fingerprint density at radius 1 is 0.385 bits per heavy atom. The van der Waals surface area contributed by atoms with Crippen molar-refractivity contribution in [1.82, 2.24) is 0 Å². The fourth-order valence-corrected chi connectivity index (χ4v) is 4.02. The largest absolute Gasteiger partial charge is 0.0622 e. The van der Waals surface area contributed by atoms with Crippen LogP contribution >= 0.6 is 0 Å². The van der Waals surface area contributed by atoms with Crippen molar-refractivity contribution in [1.29, 1.82) is 0 Å². The highest BCUT2D eigenvalue weighted by Gasteiger charge is 2.17. The van der Waals surface area contributed by atoms with Gasteiger partial charge in [-0.1, -0.05) is 97.1 Å².